The molecule has 0 unspecified atom stereocenters. The normalized spacial score (nSPS) is 17.7. The number of rotatable bonds is 3. The highest BCUT2D eigenvalue weighted by Gasteiger charge is 2.03. The molecule has 0 spiro atoms. The monoisotopic (exact) mass is 284 g/mol. The summed E-state index contributed by atoms with van der Waals surface area (Å²) in [5.74, 6) is 1.23. The van der Waals surface area contributed by atoms with Gasteiger partial charge >= 0.3 is 0 Å². The highest BCUT2D eigenvalue weighted by atomic mass is 127. The fraction of sp³-hybridized carbons (Fsp3) is 0.857. The molecule has 64 valence electrons. The standard InChI is InChI=1S/C7H13IN2S/c8-3-1-4-9-7-10-5-2-6-11-7/h1-6H2,(H,9,10). The van der Waals surface area contributed by atoms with Gasteiger partial charge in [0.1, 0.15) is 0 Å². The quantitative estimate of drug-likeness (QED) is 0.486. The molecule has 0 amide bonds. The van der Waals surface area contributed by atoms with Gasteiger partial charge in [-0.15, -0.1) is 0 Å². The highest BCUT2D eigenvalue weighted by molar-refractivity contribution is 14.1. The number of hydrogen-bond acceptors (Lipinski definition) is 3. The number of nitrogens with one attached hydrogen (secondary N) is 1. The Balaban J connectivity index is 2.09. The molecule has 1 aliphatic heterocycles. The zero-order valence-corrected chi connectivity index (χ0v) is 9.45. The van der Waals surface area contributed by atoms with Gasteiger partial charge in [-0.1, -0.05) is 34.4 Å². The summed E-state index contributed by atoms with van der Waals surface area (Å²) >= 11 is 4.25. The second-order valence-electron chi connectivity index (χ2n) is 2.36. The summed E-state index contributed by atoms with van der Waals surface area (Å²) in [4.78, 5) is 4.37. The molecular formula is C7H13IN2S. The van der Waals surface area contributed by atoms with Crippen LogP contribution in [0.5, 0.6) is 0 Å². The zero-order valence-electron chi connectivity index (χ0n) is 6.48. The van der Waals surface area contributed by atoms with Crippen LogP contribution in [0.15, 0.2) is 4.99 Å². The smallest absolute Gasteiger partial charge is 0.156 e. The van der Waals surface area contributed by atoms with Crippen molar-refractivity contribution in [3.8, 4) is 0 Å². The van der Waals surface area contributed by atoms with E-state index in [-0.39, 0.29) is 0 Å². The van der Waals surface area contributed by atoms with E-state index < -0.39 is 0 Å². The topological polar surface area (TPSA) is 24.4 Å². The van der Waals surface area contributed by atoms with E-state index in [1.165, 1.54) is 23.0 Å². The predicted octanol–water partition coefficient (Wildman–Crippen LogP) is 1.89. The first-order chi connectivity index (χ1) is 5.43. The maximum atomic E-state index is 4.37. The van der Waals surface area contributed by atoms with Crippen molar-refractivity contribution in [2.75, 3.05) is 23.3 Å². The summed E-state index contributed by atoms with van der Waals surface area (Å²) < 4.78 is 1.22. The minimum atomic E-state index is 1.01. The Hall–Kier alpha value is 0.550. The van der Waals surface area contributed by atoms with Gasteiger partial charge < -0.3 is 5.32 Å². The molecule has 0 bridgehead atoms. The zero-order chi connectivity index (χ0) is 7.94. The van der Waals surface area contributed by atoms with Crippen LogP contribution in [0.3, 0.4) is 0 Å². The van der Waals surface area contributed by atoms with Gasteiger partial charge in [0.05, 0.1) is 0 Å². The molecule has 1 heterocycles. The number of alkyl halides is 1. The van der Waals surface area contributed by atoms with Crippen LogP contribution in [0.1, 0.15) is 12.8 Å². The Kier molecular flexibility index (Phi) is 5.35. The van der Waals surface area contributed by atoms with Crippen molar-refractivity contribution < 1.29 is 0 Å². The summed E-state index contributed by atoms with van der Waals surface area (Å²) in [6, 6.07) is 0. The fourth-order valence-corrected chi connectivity index (χ4v) is 2.06. The van der Waals surface area contributed by atoms with Gasteiger partial charge in [-0.2, -0.15) is 0 Å². The molecule has 0 aliphatic carbocycles. The Morgan fingerprint density at radius 3 is 3.18 bits per heavy atom. The van der Waals surface area contributed by atoms with Crippen molar-refractivity contribution in [1.29, 1.82) is 0 Å². The van der Waals surface area contributed by atoms with E-state index in [0.29, 0.717) is 0 Å². The number of hydrogen-bond donors (Lipinski definition) is 1. The molecule has 11 heavy (non-hydrogen) atoms. The Bertz CT molecular complexity index is 138. The Morgan fingerprint density at radius 2 is 2.55 bits per heavy atom. The van der Waals surface area contributed by atoms with Crippen LogP contribution in [0.2, 0.25) is 0 Å². The first-order valence-corrected chi connectivity index (χ1v) is 6.41. The molecule has 1 N–H and O–H groups in total. The van der Waals surface area contributed by atoms with Gasteiger partial charge in [0.2, 0.25) is 0 Å². The molecule has 0 aromatic heterocycles. The summed E-state index contributed by atoms with van der Waals surface area (Å²) in [7, 11) is 0. The molecule has 2 nitrogen and oxygen atoms in total. The van der Waals surface area contributed by atoms with E-state index in [0.717, 1.165) is 18.3 Å². The van der Waals surface area contributed by atoms with E-state index in [4.69, 9.17) is 0 Å². The summed E-state index contributed by atoms with van der Waals surface area (Å²) in [6.45, 7) is 2.09. The minimum Gasteiger partial charge on any atom is -0.365 e. The molecule has 1 rings (SSSR count). The van der Waals surface area contributed by atoms with Crippen molar-refractivity contribution in [2.45, 2.75) is 12.8 Å². The van der Waals surface area contributed by atoms with E-state index in [1.54, 1.807) is 0 Å². The maximum Gasteiger partial charge on any atom is 0.156 e. The summed E-state index contributed by atoms with van der Waals surface area (Å²) in [6.07, 6.45) is 2.47. The van der Waals surface area contributed by atoms with Crippen LogP contribution >= 0.6 is 34.4 Å². The molecular weight excluding hydrogens is 271 g/mol. The lowest BCUT2D eigenvalue weighted by Gasteiger charge is -2.12. The molecule has 0 saturated carbocycles. The third-order valence-corrected chi connectivity index (χ3v) is 3.19. The van der Waals surface area contributed by atoms with E-state index in [2.05, 4.69) is 32.9 Å². The Morgan fingerprint density at radius 1 is 1.64 bits per heavy atom. The van der Waals surface area contributed by atoms with Gasteiger partial charge in [0.25, 0.3) is 0 Å². The summed E-state index contributed by atoms with van der Waals surface area (Å²) in [5, 5.41) is 4.48. The number of nitrogens with zero attached hydrogens (tertiary/aromatic N) is 1. The van der Waals surface area contributed by atoms with E-state index in [9.17, 15) is 0 Å². The second-order valence-corrected chi connectivity index (χ2v) is 4.52. The van der Waals surface area contributed by atoms with Crippen molar-refractivity contribution >= 4 is 39.5 Å². The van der Waals surface area contributed by atoms with Crippen LogP contribution in [-0.2, 0) is 0 Å². The van der Waals surface area contributed by atoms with Crippen LogP contribution in [0.4, 0.5) is 0 Å². The molecule has 0 atom stereocenters. The van der Waals surface area contributed by atoms with Crippen molar-refractivity contribution in [2.24, 2.45) is 4.99 Å². The van der Waals surface area contributed by atoms with Gasteiger partial charge in [-0.3, -0.25) is 4.99 Å². The molecule has 0 aromatic carbocycles. The number of aliphatic imine (C=N–C) groups is 1. The lowest BCUT2D eigenvalue weighted by molar-refractivity contribution is 0.844. The van der Waals surface area contributed by atoms with Crippen molar-refractivity contribution in [3.63, 3.8) is 0 Å². The highest BCUT2D eigenvalue weighted by Crippen LogP contribution is 2.09. The van der Waals surface area contributed by atoms with Gasteiger partial charge in [0, 0.05) is 23.3 Å². The first-order valence-electron chi connectivity index (χ1n) is 3.90. The number of amidine groups is 1. The van der Waals surface area contributed by atoms with Gasteiger partial charge in [-0.25, -0.2) is 0 Å². The Labute approximate surface area is 85.8 Å². The molecule has 0 saturated heterocycles. The second kappa shape index (κ2) is 6.11. The third-order valence-electron chi connectivity index (χ3n) is 1.38. The van der Waals surface area contributed by atoms with Gasteiger partial charge in [0.15, 0.2) is 5.17 Å². The largest absolute Gasteiger partial charge is 0.365 e. The molecule has 4 heteroatoms. The van der Waals surface area contributed by atoms with Gasteiger partial charge in [-0.05, 0) is 12.8 Å². The van der Waals surface area contributed by atoms with E-state index in [1.807, 2.05) is 11.8 Å². The molecule has 1 aliphatic rings. The first kappa shape index (κ1) is 9.64. The lowest BCUT2D eigenvalue weighted by Crippen LogP contribution is -2.24. The predicted molar refractivity (Wildman–Crippen MR) is 60.9 cm³/mol. The number of thioether (sulfide) groups is 1. The third kappa shape index (κ3) is 4.20. The van der Waals surface area contributed by atoms with Crippen LogP contribution < -0.4 is 5.32 Å². The molecule has 0 aromatic rings. The van der Waals surface area contributed by atoms with Crippen LogP contribution in [0, 0.1) is 0 Å². The molecule has 0 radical (unpaired) electrons. The van der Waals surface area contributed by atoms with Crippen molar-refractivity contribution in [1.82, 2.24) is 5.32 Å². The maximum absolute atomic E-state index is 4.37. The summed E-state index contributed by atoms with van der Waals surface area (Å²) in [5.41, 5.74) is 0. The average Bonchev–Trinajstić information content (AvgIpc) is 2.07. The fourth-order valence-electron chi connectivity index (χ4n) is 0.829. The molecule has 0 fully saturated rings. The lowest BCUT2D eigenvalue weighted by atomic mass is 10.5. The van der Waals surface area contributed by atoms with Crippen molar-refractivity contribution in [3.05, 3.63) is 0 Å². The SMILES string of the molecule is ICCCNC1=NCCCS1. The average molecular weight is 284 g/mol. The number of halogens is 1. The van der Waals surface area contributed by atoms with Crippen LogP contribution in [-0.4, -0.2) is 28.4 Å². The van der Waals surface area contributed by atoms with Crippen LogP contribution in [0.25, 0.3) is 0 Å². The minimum absolute atomic E-state index is 1.01. The van der Waals surface area contributed by atoms with E-state index >= 15 is 0 Å².